The zero-order valence-electron chi connectivity index (χ0n) is 15.7. The number of benzene rings is 1. The zero-order valence-corrected chi connectivity index (χ0v) is 17.3. The molecule has 3 aliphatic heterocycles. The zero-order chi connectivity index (χ0) is 19.9. The Kier molecular flexibility index (Phi) is 5.22. The fourth-order valence-electron chi connectivity index (χ4n) is 3.83. The quantitative estimate of drug-likeness (QED) is 0.730. The molecular formula is C19H23N3O4S2. The average Bonchev–Trinajstić information content (AvgIpc) is 2.93. The number of sulfone groups is 1. The van der Waals surface area contributed by atoms with Gasteiger partial charge in [-0.1, -0.05) is 19.1 Å². The van der Waals surface area contributed by atoms with Crippen molar-refractivity contribution in [2.75, 3.05) is 23.0 Å². The van der Waals surface area contributed by atoms with Crippen LogP contribution in [0, 0.1) is 0 Å². The predicted molar refractivity (Wildman–Crippen MR) is 109 cm³/mol. The van der Waals surface area contributed by atoms with Crippen LogP contribution in [0.15, 0.2) is 34.3 Å². The van der Waals surface area contributed by atoms with E-state index in [1.165, 1.54) is 5.01 Å². The van der Waals surface area contributed by atoms with Gasteiger partial charge in [0.25, 0.3) is 5.91 Å². The first-order valence-electron chi connectivity index (χ1n) is 9.51. The van der Waals surface area contributed by atoms with Crippen LogP contribution in [0.5, 0.6) is 0 Å². The number of amides is 2. The molecule has 1 saturated heterocycles. The molecule has 0 saturated carbocycles. The number of rotatable bonds is 2. The number of hydrogen-bond donors (Lipinski definition) is 0. The SMILES string of the molecule is CC1CCN(C(=O)C2=NN(C3CCS(=O)(=O)C3)C(=O)CC2)c2ccccc2S1. The van der Waals surface area contributed by atoms with Crippen molar-refractivity contribution in [3.05, 3.63) is 24.3 Å². The average molecular weight is 422 g/mol. The maximum absolute atomic E-state index is 13.3. The van der Waals surface area contributed by atoms with Gasteiger partial charge in [-0.3, -0.25) is 9.59 Å². The van der Waals surface area contributed by atoms with Gasteiger partial charge in [0, 0.05) is 29.5 Å². The summed E-state index contributed by atoms with van der Waals surface area (Å²) in [5.41, 5.74) is 1.20. The molecule has 1 aromatic rings. The number of carbonyl (C=O) groups excluding carboxylic acids is 2. The molecule has 2 unspecified atom stereocenters. The second-order valence-electron chi connectivity index (χ2n) is 7.48. The van der Waals surface area contributed by atoms with Crippen molar-refractivity contribution in [3.63, 3.8) is 0 Å². The molecule has 7 nitrogen and oxygen atoms in total. The molecule has 0 N–H and O–H groups in total. The van der Waals surface area contributed by atoms with Crippen LogP contribution < -0.4 is 4.90 Å². The number of hydrogen-bond acceptors (Lipinski definition) is 6. The van der Waals surface area contributed by atoms with Gasteiger partial charge < -0.3 is 4.90 Å². The summed E-state index contributed by atoms with van der Waals surface area (Å²) >= 11 is 1.76. The van der Waals surface area contributed by atoms with Gasteiger partial charge in [0.15, 0.2) is 9.84 Å². The topological polar surface area (TPSA) is 87.1 Å². The molecule has 1 fully saturated rings. The Labute approximate surface area is 169 Å². The number of hydrazone groups is 1. The van der Waals surface area contributed by atoms with E-state index in [4.69, 9.17) is 0 Å². The summed E-state index contributed by atoms with van der Waals surface area (Å²) in [7, 11) is -3.14. The molecule has 4 rings (SSSR count). The Morgan fingerprint density at radius 3 is 2.75 bits per heavy atom. The molecule has 0 aliphatic carbocycles. The van der Waals surface area contributed by atoms with E-state index >= 15 is 0 Å². The molecule has 150 valence electrons. The van der Waals surface area contributed by atoms with Crippen LogP contribution in [-0.4, -0.2) is 60.3 Å². The van der Waals surface area contributed by atoms with Gasteiger partial charge in [0.1, 0.15) is 5.71 Å². The number of anilines is 1. The highest BCUT2D eigenvalue weighted by Gasteiger charge is 2.38. The van der Waals surface area contributed by atoms with E-state index in [9.17, 15) is 18.0 Å². The standard InChI is InChI=1S/C19H23N3O4S2/c1-13-8-10-21(16-4-2-3-5-17(16)27-13)19(24)15-6-7-18(23)22(20-15)14-9-11-28(25,26)12-14/h2-5,13-14H,6-12H2,1H3. The lowest BCUT2D eigenvalue weighted by Crippen LogP contribution is -2.45. The Bertz CT molecular complexity index is 944. The normalized spacial score (nSPS) is 27.2. The lowest BCUT2D eigenvalue weighted by molar-refractivity contribution is -0.133. The minimum absolute atomic E-state index is 0.0643. The van der Waals surface area contributed by atoms with E-state index in [-0.39, 0.29) is 36.2 Å². The Morgan fingerprint density at radius 1 is 1.21 bits per heavy atom. The highest BCUT2D eigenvalue weighted by atomic mass is 32.2. The van der Waals surface area contributed by atoms with E-state index in [2.05, 4.69) is 12.0 Å². The van der Waals surface area contributed by atoms with Crippen LogP contribution in [0.25, 0.3) is 0 Å². The molecule has 0 spiro atoms. The van der Waals surface area contributed by atoms with E-state index in [0.717, 1.165) is 17.0 Å². The number of carbonyl (C=O) groups is 2. The van der Waals surface area contributed by atoms with Crippen LogP contribution in [0.1, 0.15) is 32.6 Å². The van der Waals surface area contributed by atoms with E-state index < -0.39 is 15.9 Å². The first-order chi connectivity index (χ1) is 13.3. The second kappa shape index (κ2) is 7.51. The summed E-state index contributed by atoms with van der Waals surface area (Å²) in [6.07, 6.45) is 1.71. The number of fused-ring (bicyclic) bond motifs is 1. The minimum Gasteiger partial charge on any atom is -0.306 e. The fraction of sp³-hybridized carbons (Fsp3) is 0.526. The first kappa shape index (κ1) is 19.4. The molecule has 3 heterocycles. The van der Waals surface area contributed by atoms with E-state index in [0.29, 0.717) is 23.9 Å². The number of thioether (sulfide) groups is 1. The maximum atomic E-state index is 13.3. The Balaban J connectivity index is 1.62. The van der Waals surface area contributed by atoms with Crippen molar-refractivity contribution < 1.29 is 18.0 Å². The summed E-state index contributed by atoms with van der Waals surface area (Å²) in [6.45, 7) is 2.74. The van der Waals surface area contributed by atoms with Gasteiger partial charge >= 0.3 is 0 Å². The molecule has 3 aliphatic rings. The monoisotopic (exact) mass is 421 g/mol. The van der Waals surface area contributed by atoms with Gasteiger partial charge in [0.05, 0.1) is 23.2 Å². The fourth-order valence-corrected chi connectivity index (χ4v) is 6.64. The van der Waals surface area contributed by atoms with E-state index in [1.54, 1.807) is 16.7 Å². The van der Waals surface area contributed by atoms with Crippen LogP contribution in [-0.2, 0) is 19.4 Å². The molecule has 9 heteroatoms. The second-order valence-corrected chi connectivity index (χ2v) is 11.2. The predicted octanol–water partition coefficient (Wildman–Crippen LogP) is 2.07. The number of nitrogens with zero attached hydrogens (tertiary/aromatic N) is 3. The van der Waals surface area contributed by atoms with Crippen molar-refractivity contribution in [1.29, 1.82) is 0 Å². The van der Waals surface area contributed by atoms with Crippen LogP contribution in [0.3, 0.4) is 0 Å². The van der Waals surface area contributed by atoms with Gasteiger partial charge in [-0.2, -0.15) is 5.10 Å². The lowest BCUT2D eigenvalue weighted by Gasteiger charge is -2.30. The molecule has 1 aromatic carbocycles. The lowest BCUT2D eigenvalue weighted by atomic mass is 10.1. The molecule has 28 heavy (non-hydrogen) atoms. The van der Waals surface area contributed by atoms with E-state index in [1.807, 2.05) is 24.3 Å². The molecule has 2 atom stereocenters. The third kappa shape index (κ3) is 3.82. The van der Waals surface area contributed by atoms with Crippen LogP contribution in [0.4, 0.5) is 5.69 Å². The summed E-state index contributed by atoms with van der Waals surface area (Å²) in [5, 5.41) is 6.00. The van der Waals surface area contributed by atoms with Crippen molar-refractivity contribution >= 4 is 44.8 Å². The Hall–Kier alpha value is -1.87. The summed E-state index contributed by atoms with van der Waals surface area (Å²) in [6, 6.07) is 7.37. The summed E-state index contributed by atoms with van der Waals surface area (Å²) in [5.74, 6) is -0.418. The first-order valence-corrected chi connectivity index (χ1v) is 12.2. The minimum atomic E-state index is -3.14. The van der Waals surface area contributed by atoms with Gasteiger partial charge in [-0.05, 0) is 25.0 Å². The molecule has 2 amide bonds. The molecule has 0 aromatic heterocycles. The Morgan fingerprint density at radius 2 is 2.00 bits per heavy atom. The third-order valence-electron chi connectivity index (χ3n) is 5.35. The van der Waals surface area contributed by atoms with Gasteiger partial charge in [0.2, 0.25) is 5.91 Å². The summed E-state index contributed by atoms with van der Waals surface area (Å²) in [4.78, 5) is 28.4. The van der Waals surface area contributed by atoms with Crippen molar-refractivity contribution in [2.24, 2.45) is 5.10 Å². The molecular weight excluding hydrogens is 398 g/mol. The third-order valence-corrected chi connectivity index (χ3v) is 8.34. The molecule has 0 radical (unpaired) electrons. The van der Waals surface area contributed by atoms with Crippen molar-refractivity contribution in [3.8, 4) is 0 Å². The smallest absolute Gasteiger partial charge is 0.274 e. The van der Waals surface area contributed by atoms with Crippen LogP contribution >= 0.6 is 11.8 Å². The van der Waals surface area contributed by atoms with Gasteiger partial charge in [-0.15, -0.1) is 11.8 Å². The number of para-hydroxylation sites is 1. The summed E-state index contributed by atoms with van der Waals surface area (Å²) < 4.78 is 23.6. The largest absolute Gasteiger partial charge is 0.306 e. The van der Waals surface area contributed by atoms with Gasteiger partial charge in [-0.25, -0.2) is 13.4 Å². The molecule has 0 bridgehead atoms. The van der Waals surface area contributed by atoms with Crippen molar-refractivity contribution in [1.82, 2.24) is 5.01 Å². The highest BCUT2D eigenvalue weighted by molar-refractivity contribution is 8.00. The highest BCUT2D eigenvalue weighted by Crippen LogP contribution is 2.37. The van der Waals surface area contributed by atoms with Crippen molar-refractivity contribution in [2.45, 2.75) is 48.8 Å². The maximum Gasteiger partial charge on any atom is 0.274 e. The van der Waals surface area contributed by atoms with Crippen LogP contribution in [0.2, 0.25) is 0 Å².